The topological polar surface area (TPSA) is 44.4 Å². The molecule has 4 nitrogen and oxygen atoms in total. The van der Waals surface area contributed by atoms with Crippen molar-refractivity contribution < 1.29 is 4.79 Å². The van der Waals surface area contributed by atoms with Crippen molar-refractivity contribution in [3.8, 4) is 0 Å². The SMILES string of the molecule is CNCCC1CCN(C(C)C(=O)NC2CC2)CC1. The minimum Gasteiger partial charge on any atom is -0.352 e. The van der Waals surface area contributed by atoms with Crippen LogP contribution < -0.4 is 10.6 Å². The number of carbonyl (C=O) groups excluding carboxylic acids is 1. The van der Waals surface area contributed by atoms with Gasteiger partial charge in [-0.1, -0.05) is 0 Å². The van der Waals surface area contributed by atoms with Gasteiger partial charge in [0.05, 0.1) is 6.04 Å². The molecule has 0 bridgehead atoms. The highest BCUT2D eigenvalue weighted by Gasteiger charge is 2.30. The highest BCUT2D eigenvalue weighted by molar-refractivity contribution is 5.81. The van der Waals surface area contributed by atoms with Gasteiger partial charge in [-0.2, -0.15) is 0 Å². The minimum absolute atomic E-state index is 0.0517. The van der Waals surface area contributed by atoms with Crippen molar-refractivity contribution >= 4 is 5.91 Å². The molecular weight excluding hydrogens is 226 g/mol. The van der Waals surface area contributed by atoms with Crippen molar-refractivity contribution in [1.29, 1.82) is 0 Å². The lowest BCUT2D eigenvalue weighted by molar-refractivity contribution is -0.126. The van der Waals surface area contributed by atoms with E-state index in [1.807, 2.05) is 14.0 Å². The molecule has 2 aliphatic rings. The minimum atomic E-state index is 0.0517. The van der Waals surface area contributed by atoms with Gasteiger partial charge >= 0.3 is 0 Å². The van der Waals surface area contributed by atoms with Crippen LogP contribution >= 0.6 is 0 Å². The standard InChI is InChI=1S/C14H27N3O/c1-11(14(18)16-13-3-4-13)17-9-6-12(7-10-17)5-8-15-2/h11-13,15H,3-10H2,1-2H3,(H,16,18). The molecule has 1 saturated carbocycles. The van der Waals surface area contributed by atoms with E-state index in [4.69, 9.17) is 0 Å². The molecule has 0 aromatic heterocycles. The quantitative estimate of drug-likeness (QED) is 0.741. The van der Waals surface area contributed by atoms with Crippen LogP contribution in [0.5, 0.6) is 0 Å². The molecule has 18 heavy (non-hydrogen) atoms. The Labute approximate surface area is 110 Å². The summed E-state index contributed by atoms with van der Waals surface area (Å²) in [7, 11) is 2.01. The van der Waals surface area contributed by atoms with Gasteiger partial charge in [0.1, 0.15) is 0 Å². The lowest BCUT2D eigenvalue weighted by Gasteiger charge is -2.35. The summed E-state index contributed by atoms with van der Waals surface area (Å²) in [6, 6.07) is 0.531. The average Bonchev–Trinajstić information content (AvgIpc) is 3.20. The largest absolute Gasteiger partial charge is 0.352 e. The maximum Gasteiger partial charge on any atom is 0.237 e. The van der Waals surface area contributed by atoms with Gasteiger partial charge in [0, 0.05) is 6.04 Å². The second-order valence-corrected chi connectivity index (χ2v) is 5.83. The zero-order valence-electron chi connectivity index (χ0n) is 11.7. The molecule has 2 fully saturated rings. The van der Waals surface area contributed by atoms with E-state index in [0.29, 0.717) is 6.04 Å². The van der Waals surface area contributed by atoms with Crippen LogP contribution in [0.3, 0.4) is 0 Å². The van der Waals surface area contributed by atoms with Crippen molar-refractivity contribution in [2.24, 2.45) is 5.92 Å². The second kappa shape index (κ2) is 6.53. The van der Waals surface area contributed by atoms with Gasteiger partial charge in [0.25, 0.3) is 0 Å². The fourth-order valence-electron chi connectivity index (χ4n) is 2.69. The van der Waals surface area contributed by atoms with Crippen LogP contribution in [-0.2, 0) is 4.79 Å². The highest BCUT2D eigenvalue weighted by Crippen LogP contribution is 2.23. The van der Waals surface area contributed by atoms with Gasteiger partial charge in [-0.05, 0) is 71.6 Å². The maximum absolute atomic E-state index is 12.0. The number of rotatable bonds is 6. The fraction of sp³-hybridized carbons (Fsp3) is 0.929. The smallest absolute Gasteiger partial charge is 0.237 e. The molecule has 1 saturated heterocycles. The predicted octanol–water partition coefficient (Wildman–Crippen LogP) is 0.975. The van der Waals surface area contributed by atoms with Gasteiger partial charge < -0.3 is 10.6 Å². The molecule has 2 rings (SSSR count). The summed E-state index contributed by atoms with van der Waals surface area (Å²) in [6.07, 6.45) is 6.09. The van der Waals surface area contributed by atoms with Gasteiger partial charge in [-0.15, -0.1) is 0 Å². The normalized spacial score (nSPS) is 23.9. The first-order chi connectivity index (χ1) is 8.70. The molecule has 2 N–H and O–H groups in total. The van der Waals surface area contributed by atoms with Crippen molar-refractivity contribution in [2.75, 3.05) is 26.7 Å². The van der Waals surface area contributed by atoms with E-state index in [9.17, 15) is 4.79 Å². The first kappa shape index (κ1) is 13.8. The van der Waals surface area contributed by atoms with E-state index in [0.717, 1.165) is 25.6 Å². The van der Waals surface area contributed by atoms with E-state index in [-0.39, 0.29) is 11.9 Å². The number of hydrogen-bond donors (Lipinski definition) is 2. The average molecular weight is 253 g/mol. The lowest BCUT2D eigenvalue weighted by Crippen LogP contribution is -2.48. The number of hydrogen-bond acceptors (Lipinski definition) is 3. The van der Waals surface area contributed by atoms with Crippen molar-refractivity contribution in [2.45, 2.75) is 51.1 Å². The monoisotopic (exact) mass is 253 g/mol. The number of likely N-dealkylation sites (tertiary alicyclic amines) is 1. The number of nitrogens with one attached hydrogen (secondary N) is 2. The predicted molar refractivity (Wildman–Crippen MR) is 73.5 cm³/mol. The molecule has 1 aliphatic heterocycles. The Balaban J connectivity index is 1.69. The summed E-state index contributed by atoms with van der Waals surface area (Å²) in [5.41, 5.74) is 0. The Morgan fingerprint density at radius 3 is 2.50 bits per heavy atom. The Bertz CT molecular complexity index is 270. The molecule has 1 amide bonds. The molecule has 0 aromatic carbocycles. The van der Waals surface area contributed by atoms with Crippen molar-refractivity contribution in [3.63, 3.8) is 0 Å². The second-order valence-electron chi connectivity index (χ2n) is 5.83. The molecule has 4 heteroatoms. The van der Waals surface area contributed by atoms with Crippen molar-refractivity contribution in [1.82, 2.24) is 15.5 Å². The van der Waals surface area contributed by atoms with Crippen LogP contribution in [0.1, 0.15) is 39.0 Å². The molecule has 1 aliphatic carbocycles. The Morgan fingerprint density at radius 1 is 1.28 bits per heavy atom. The fourth-order valence-corrected chi connectivity index (χ4v) is 2.69. The van der Waals surface area contributed by atoms with Crippen LogP contribution in [0.15, 0.2) is 0 Å². The van der Waals surface area contributed by atoms with E-state index in [1.54, 1.807) is 0 Å². The summed E-state index contributed by atoms with van der Waals surface area (Å²) in [6.45, 7) is 5.31. The third-order valence-corrected chi connectivity index (χ3v) is 4.30. The molecule has 1 heterocycles. The van der Waals surface area contributed by atoms with E-state index < -0.39 is 0 Å². The lowest BCUT2D eigenvalue weighted by atomic mass is 9.93. The number of carbonyl (C=O) groups is 1. The van der Waals surface area contributed by atoms with Gasteiger partial charge in [-0.25, -0.2) is 0 Å². The highest BCUT2D eigenvalue weighted by atomic mass is 16.2. The molecule has 0 spiro atoms. The maximum atomic E-state index is 12.0. The first-order valence-corrected chi connectivity index (χ1v) is 7.39. The Kier molecular flexibility index (Phi) is 5.01. The van der Waals surface area contributed by atoms with Crippen LogP contribution in [-0.4, -0.2) is 49.6 Å². The summed E-state index contributed by atoms with van der Waals surface area (Å²) >= 11 is 0. The summed E-state index contributed by atoms with van der Waals surface area (Å²) in [5.74, 6) is 1.07. The van der Waals surface area contributed by atoms with Crippen LogP contribution in [0.25, 0.3) is 0 Å². The molecule has 1 unspecified atom stereocenters. The first-order valence-electron chi connectivity index (χ1n) is 7.39. The Hall–Kier alpha value is -0.610. The number of amides is 1. The Morgan fingerprint density at radius 2 is 1.94 bits per heavy atom. The third kappa shape index (κ3) is 3.95. The molecule has 1 atom stereocenters. The van der Waals surface area contributed by atoms with Crippen LogP contribution in [0, 0.1) is 5.92 Å². The van der Waals surface area contributed by atoms with Gasteiger partial charge in [0.2, 0.25) is 5.91 Å². The zero-order chi connectivity index (χ0) is 13.0. The van der Waals surface area contributed by atoms with Crippen LogP contribution in [0.4, 0.5) is 0 Å². The van der Waals surface area contributed by atoms with E-state index in [1.165, 1.54) is 32.1 Å². The summed E-state index contributed by atoms with van der Waals surface area (Å²) in [5, 5.41) is 6.32. The van der Waals surface area contributed by atoms with E-state index >= 15 is 0 Å². The van der Waals surface area contributed by atoms with Crippen molar-refractivity contribution in [3.05, 3.63) is 0 Å². The molecule has 0 aromatic rings. The molecule has 0 radical (unpaired) electrons. The molecular formula is C14H27N3O. The zero-order valence-corrected chi connectivity index (χ0v) is 11.7. The van der Waals surface area contributed by atoms with Gasteiger partial charge in [-0.3, -0.25) is 9.69 Å². The summed E-state index contributed by atoms with van der Waals surface area (Å²) in [4.78, 5) is 14.3. The summed E-state index contributed by atoms with van der Waals surface area (Å²) < 4.78 is 0. The van der Waals surface area contributed by atoms with Gasteiger partial charge in [0.15, 0.2) is 0 Å². The molecule has 104 valence electrons. The number of piperidine rings is 1. The number of nitrogens with zero attached hydrogens (tertiary/aromatic N) is 1. The third-order valence-electron chi connectivity index (χ3n) is 4.30. The van der Waals surface area contributed by atoms with E-state index in [2.05, 4.69) is 15.5 Å². The van der Waals surface area contributed by atoms with Crippen LogP contribution in [0.2, 0.25) is 0 Å².